The number of benzene rings is 3. The highest BCUT2D eigenvalue weighted by molar-refractivity contribution is 6.30. The monoisotopic (exact) mass is 496 g/mol. The van der Waals surface area contributed by atoms with Crippen molar-refractivity contribution in [1.29, 1.82) is 0 Å². The molecule has 0 atom stereocenters. The molecule has 3 aromatic carbocycles. The van der Waals surface area contributed by atoms with Gasteiger partial charge >= 0.3 is 0 Å². The normalized spacial score (nSPS) is 12.5. The summed E-state index contributed by atoms with van der Waals surface area (Å²) >= 11 is 5.75. The minimum Gasteiger partial charge on any atom is -0.508 e. The van der Waals surface area contributed by atoms with Gasteiger partial charge in [0.05, 0.1) is 0 Å². The van der Waals surface area contributed by atoms with Gasteiger partial charge in [-0.15, -0.1) is 0 Å². The van der Waals surface area contributed by atoms with Gasteiger partial charge in [0.2, 0.25) is 5.91 Å². The highest BCUT2D eigenvalue weighted by Crippen LogP contribution is 2.24. The van der Waals surface area contributed by atoms with Crippen molar-refractivity contribution in [2.45, 2.75) is 46.1 Å². The number of amides is 1. The summed E-state index contributed by atoms with van der Waals surface area (Å²) in [5.74, 6) is 1.77. The molecule has 3 aromatic rings. The number of nitrogens with zero attached hydrogens (tertiary/aromatic N) is 1. The maximum atomic E-state index is 11.7. The van der Waals surface area contributed by atoms with Crippen molar-refractivity contribution in [3.8, 4) is 17.2 Å². The summed E-state index contributed by atoms with van der Waals surface area (Å²) in [6, 6.07) is 23.7. The van der Waals surface area contributed by atoms with E-state index in [0.717, 1.165) is 18.5 Å². The van der Waals surface area contributed by atoms with Crippen LogP contribution in [0.25, 0.3) is 0 Å². The Balaban J connectivity index is 0.000000234. The third-order valence-electron chi connectivity index (χ3n) is 5.30. The van der Waals surface area contributed by atoms with Crippen LogP contribution in [0.5, 0.6) is 17.2 Å². The van der Waals surface area contributed by atoms with Crippen molar-refractivity contribution >= 4 is 17.5 Å². The van der Waals surface area contributed by atoms with Crippen molar-refractivity contribution in [3.05, 3.63) is 89.4 Å². The molecule has 1 aliphatic heterocycles. The summed E-state index contributed by atoms with van der Waals surface area (Å²) in [7, 11) is 0. The number of phenols is 1. The molecule has 4 rings (SSSR count). The van der Waals surface area contributed by atoms with Crippen LogP contribution in [0.1, 0.15) is 45.1 Å². The van der Waals surface area contributed by atoms with Crippen molar-refractivity contribution in [3.63, 3.8) is 0 Å². The standard InChI is InChI=1S/C15H22N2O.C12H9ClO2.C2H6/c18-15(9-6-12-17-10-4-5-11-17)16-13-14-7-2-1-3-8-14;13-9-1-5-11(6-2-9)15-12-7-3-10(14)4-8-12;1-2/h1-3,7-8H,4-6,9-13H2,(H,16,18);1-8,14H;1-2H3. The summed E-state index contributed by atoms with van der Waals surface area (Å²) in [5, 5.41) is 12.7. The number of phenolic OH excluding ortho intramolecular Hbond substituents is 1. The first kappa shape index (κ1) is 28.2. The third kappa shape index (κ3) is 11.8. The van der Waals surface area contributed by atoms with Gasteiger partial charge in [-0.2, -0.15) is 0 Å². The van der Waals surface area contributed by atoms with Crippen LogP contribution in [0.2, 0.25) is 5.02 Å². The number of halogens is 1. The number of hydrogen-bond acceptors (Lipinski definition) is 4. The van der Waals surface area contributed by atoms with Crippen LogP contribution in [0, 0.1) is 0 Å². The van der Waals surface area contributed by atoms with Crippen molar-refractivity contribution in [2.24, 2.45) is 0 Å². The average Bonchev–Trinajstić information content (AvgIpc) is 3.41. The van der Waals surface area contributed by atoms with E-state index in [1.165, 1.54) is 25.9 Å². The van der Waals surface area contributed by atoms with Crippen LogP contribution in [-0.2, 0) is 11.3 Å². The molecule has 1 amide bonds. The number of ether oxygens (including phenoxy) is 1. The van der Waals surface area contributed by atoms with Gasteiger partial charge in [0, 0.05) is 18.0 Å². The Labute approximate surface area is 214 Å². The van der Waals surface area contributed by atoms with E-state index in [0.29, 0.717) is 29.5 Å². The number of nitrogens with one attached hydrogen (secondary N) is 1. The van der Waals surface area contributed by atoms with Gasteiger partial charge < -0.3 is 20.1 Å². The topological polar surface area (TPSA) is 61.8 Å². The molecule has 5 nitrogen and oxygen atoms in total. The predicted octanol–water partition coefficient (Wildman–Crippen LogP) is 7.04. The molecule has 0 spiro atoms. The zero-order valence-electron chi connectivity index (χ0n) is 20.8. The van der Waals surface area contributed by atoms with Gasteiger partial charge in [-0.1, -0.05) is 55.8 Å². The SMILES string of the molecule is CC.O=C(CCCN1CCCC1)NCc1ccccc1.Oc1ccc(Oc2ccc(Cl)cc2)cc1. The first-order valence-electron chi connectivity index (χ1n) is 12.3. The van der Waals surface area contributed by atoms with Gasteiger partial charge in [-0.3, -0.25) is 4.79 Å². The quantitative estimate of drug-likeness (QED) is 0.351. The number of aromatic hydroxyl groups is 1. The minimum absolute atomic E-state index is 0.165. The number of carbonyl (C=O) groups is 1. The number of carbonyl (C=O) groups excluding carboxylic acids is 1. The minimum atomic E-state index is 0.165. The predicted molar refractivity (Wildman–Crippen MR) is 144 cm³/mol. The zero-order chi connectivity index (χ0) is 25.3. The Morgan fingerprint density at radius 3 is 2.09 bits per heavy atom. The van der Waals surface area contributed by atoms with Crippen LogP contribution >= 0.6 is 11.6 Å². The molecule has 1 heterocycles. The summed E-state index contributed by atoms with van der Waals surface area (Å²) in [5.41, 5.74) is 1.16. The third-order valence-corrected chi connectivity index (χ3v) is 5.55. The second kappa shape index (κ2) is 16.6. The lowest BCUT2D eigenvalue weighted by atomic mass is 10.2. The number of rotatable bonds is 8. The van der Waals surface area contributed by atoms with Crippen LogP contribution < -0.4 is 10.1 Å². The first-order valence-corrected chi connectivity index (χ1v) is 12.7. The van der Waals surface area contributed by atoms with Gasteiger partial charge in [0.1, 0.15) is 17.2 Å². The van der Waals surface area contributed by atoms with Gasteiger partial charge in [-0.05, 0) is 93.0 Å². The van der Waals surface area contributed by atoms with Gasteiger partial charge in [0.15, 0.2) is 0 Å². The maximum Gasteiger partial charge on any atom is 0.220 e. The molecule has 0 bridgehead atoms. The smallest absolute Gasteiger partial charge is 0.220 e. The summed E-state index contributed by atoms with van der Waals surface area (Å²) in [4.78, 5) is 14.1. The lowest BCUT2D eigenvalue weighted by Crippen LogP contribution is -2.25. The zero-order valence-corrected chi connectivity index (χ0v) is 21.5. The van der Waals surface area contributed by atoms with Gasteiger partial charge in [-0.25, -0.2) is 0 Å². The lowest BCUT2D eigenvalue weighted by Gasteiger charge is -2.13. The average molecular weight is 497 g/mol. The molecule has 0 aliphatic carbocycles. The second-order valence-corrected chi connectivity index (χ2v) is 8.40. The molecule has 0 radical (unpaired) electrons. The van der Waals surface area contributed by atoms with Crippen LogP contribution in [0.15, 0.2) is 78.9 Å². The molecule has 188 valence electrons. The molecule has 1 aliphatic rings. The molecule has 2 N–H and O–H groups in total. The molecule has 1 saturated heterocycles. The van der Waals surface area contributed by atoms with Gasteiger partial charge in [0.25, 0.3) is 0 Å². The largest absolute Gasteiger partial charge is 0.508 e. The van der Waals surface area contributed by atoms with E-state index >= 15 is 0 Å². The Kier molecular flexibility index (Phi) is 13.4. The van der Waals surface area contributed by atoms with Crippen LogP contribution in [-0.4, -0.2) is 35.5 Å². The molecule has 0 unspecified atom stereocenters. The lowest BCUT2D eigenvalue weighted by molar-refractivity contribution is -0.121. The molecular formula is C29H37ClN2O3. The Morgan fingerprint density at radius 2 is 1.49 bits per heavy atom. The molecular weight excluding hydrogens is 460 g/mol. The second-order valence-electron chi connectivity index (χ2n) is 7.96. The molecule has 0 aromatic heterocycles. The fraction of sp³-hybridized carbons (Fsp3) is 0.345. The van der Waals surface area contributed by atoms with E-state index in [1.807, 2.05) is 44.2 Å². The highest BCUT2D eigenvalue weighted by Gasteiger charge is 2.11. The molecule has 6 heteroatoms. The number of hydrogen-bond donors (Lipinski definition) is 2. The van der Waals surface area contributed by atoms with E-state index in [4.69, 9.17) is 21.4 Å². The summed E-state index contributed by atoms with van der Waals surface area (Å²) < 4.78 is 5.52. The molecule has 0 saturated carbocycles. The van der Waals surface area contributed by atoms with Crippen LogP contribution in [0.3, 0.4) is 0 Å². The van der Waals surface area contributed by atoms with E-state index in [1.54, 1.807) is 48.5 Å². The van der Waals surface area contributed by atoms with Crippen molar-refractivity contribution < 1.29 is 14.6 Å². The van der Waals surface area contributed by atoms with E-state index in [2.05, 4.69) is 10.2 Å². The van der Waals surface area contributed by atoms with E-state index < -0.39 is 0 Å². The van der Waals surface area contributed by atoms with Crippen LogP contribution in [0.4, 0.5) is 0 Å². The van der Waals surface area contributed by atoms with Crippen molar-refractivity contribution in [1.82, 2.24) is 10.2 Å². The summed E-state index contributed by atoms with van der Waals surface area (Å²) in [6.07, 6.45) is 4.25. The Morgan fingerprint density at radius 1 is 0.914 bits per heavy atom. The van der Waals surface area contributed by atoms with E-state index in [9.17, 15) is 4.79 Å². The maximum absolute atomic E-state index is 11.7. The fourth-order valence-electron chi connectivity index (χ4n) is 3.51. The van der Waals surface area contributed by atoms with E-state index in [-0.39, 0.29) is 11.7 Å². The Bertz CT molecular complexity index is 914. The number of likely N-dealkylation sites (tertiary alicyclic amines) is 1. The first-order chi connectivity index (χ1) is 17.1. The molecule has 1 fully saturated rings. The summed E-state index contributed by atoms with van der Waals surface area (Å²) in [6.45, 7) is 8.14. The molecule has 35 heavy (non-hydrogen) atoms. The Hall–Kier alpha value is -3.02. The fourth-order valence-corrected chi connectivity index (χ4v) is 3.63. The van der Waals surface area contributed by atoms with Crippen molar-refractivity contribution in [2.75, 3.05) is 19.6 Å². The highest BCUT2D eigenvalue weighted by atomic mass is 35.5.